The van der Waals surface area contributed by atoms with E-state index in [1.807, 2.05) is 6.26 Å². The van der Waals surface area contributed by atoms with Crippen LogP contribution in [0.25, 0.3) is 17.4 Å². The number of nitrogens with zero attached hydrogens (tertiary/aromatic N) is 2. The van der Waals surface area contributed by atoms with E-state index in [0.717, 1.165) is 17.3 Å². The first kappa shape index (κ1) is 15.6. The predicted molar refractivity (Wildman–Crippen MR) is 92.3 cm³/mol. The Morgan fingerprint density at radius 2 is 2.00 bits per heavy atom. The number of hydrogen-bond donors (Lipinski definition) is 0. The third-order valence-electron chi connectivity index (χ3n) is 3.04. The number of nitro benzene ring substituents is 1. The minimum absolute atomic E-state index is 0.0233. The first-order valence-electron chi connectivity index (χ1n) is 6.48. The lowest BCUT2D eigenvalue weighted by Gasteiger charge is -1.96. The van der Waals surface area contributed by atoms with Crippen molar-refractivity contribution in [2.24, 2.45) is 4.99 Å². The van der Waals surface area contributed by atoms with Crippen LogP contribution in [0.5, 0.6) is 0 Å². The van der Waals surface area contributed by atoms with Crippen LogP contribution in [-0.2, 0) is 4.79 Å². The highest BCUT2D eigenvalue weighted by Crippen LogP contribution is 2.31. The summed E-state index contributed by atoms with van der Waals surface area (Å²) in [5.74, 6) is 1.08. The van der Waals surface area contributed by atoms with E-state index in [1.165, 1.54) is 23.9 Å². The standard InChI is InChI=1S/C15H10N2O4S2/c1-22-15-16-12(14(18)23-15)8-11-6-7-13(21-11)9-2-4-10(5-3-9)17(19)20/h2-8H,1H3/b12-8-. The van der Waals surface area contributed by atoms with Crippen LogP contribution in [0, 0.1) is 10.1 Å². The van der Waals surface area contributed by atoms with Gasteiger partial charge in [-0.15, -0.1) is 11.8 Å². The number of rotatable bonds is 3. The maximum absolute atomic E-state index is 11.8. The maximum Gasteiger partial charge on any atom is 0.269 e. The van der Waals surface area contributed by atoms with Crippen LogP contribution in [0.3, 0.4) is 0 Å². The number of nitro groups is 1. The SMILES string of the molecule is CSC1=N/C(=C\c2ccc(-c3ccc([N+](=O)[O-])cc3)o2)C(=O)S1. The topological polar surface area (TPSA) is 85.7 Å². The Kier molecular flexibility index (Phi) is 4.35. The molecule has 1 aromatic heterocycles. The Morgan fingerprint density at radius 1 is 1.26 bits per heavy atom. The smallest absolute Gasteiger partial charge is 0.269 e. The molecule has 1 aromatic carbocycles. The molecule has 0 atom stereocenters. The quantitative estimate of drug-likeness (QED) is 0.470. The van der Waals surface area contributed by atoms with Crippen LogP contribution in [-0.4, -0.2) is 20.7 Å². The van der Waals surface area contributed by atoms with E-state index in [1.54, 1.807) is 30.3 Å². The molecule has 0 N–H and O–H groups in total. The average molecular weight is 346 g/mol. The molecule has 0 spiro atoms. The van der Waals surface area contributed by atoms with Gasteiger partial charge in [-0.05, 0) is 42.3 Å². The molecular weight excluding hydrogens is 336 g/mol. The minimum Gasteiger partial charge on any atom is -0.457 e. The molecule has 0 amide bonds. The van der Waals surface area contributed by atoms with Gasteiger partial charge < -0.3 is 4.42 Å². The average Bonchev–Trinajstić information content (AvgIpc) is 3.15. The second-order valence-corrected chi connectivity index (χ2v) is 6.52. The maximum atomic E-state index is 11.8. The summed E-state index contributed by atoms with van der Waals surface area (Å²) in [6.45, 7) is 0. The molecule has 3 rings (SSSR count). The zero-order chi connectivity index (χ0) is 16.4. The van der Waals surface area contributed by atoms with Crippen molar-refractivity contribution in [3.8, 4) is 11.3 Å². The van der Waals surface area contributed by atoms with E-state index in [-0.39, 0.29) is 10.8 Å². The molecule has 6 nitrogen and oxygen atoms in total. The van der Waals surface area contributed by atoms with Gasteiger partial charge in [0.15, 0.2) is 0 Å². The van der Waals surface area contributed by atoms with E-state index in [9.17, 15) is 14.9 Å². The summed E-state index contributed by atoms with van der Waals surface area (Å²) < 4.78 is 6.38. The van der Waals surface area contributed by atoms with E-state index < -0.39 is 4.92 Å². The Balaban J connectivity index is 1.85. The van der Waals surface area contributed by atoms with Crippen LogP contribution < -0.4 is 0 Å². The van der Waals surface area contributed by atoms with Crippen molar-refractivity contribution < 1.29 is 14.1 Å². The molecule has 2 heterocycles. The Labute approximate surface area is 139 Å². The molecule has 8 heteroatoms. The van der Waals surface area contributed by atoms with Crippen LogP contribution in [0.4, 0.5) is 5.69 Å². The highest BCUT2D eigenvalue weighted by Gasteiger charge is 2.21. The number of hydrogen-bond acceptors (Lipinski definition) is 7. The normalized spacial score (nSPS) is 16.0. The zero-order valence-electron chi connectivity index (χ0n) is 11.9. The number of non-ortho nitro benzene ring substituents is 1. The second kappa shape index (κ2) is 6.43. The third kappa shape index (κ3) is 3.38. The van der Waals surface area contributed by atoms with Gasteiger partial charge in [0.1, 0.15) is 21.6 Å². The number of aliphatic imine (C=N–C) groups is 1. The van der Waals surface area contributed by atoms with E-state index in [4.69, 9.17) is 4.42 Å². The summed E-state index contributed by atoms with van der Waals surface area (Å²) in [5, 5.41) is 10.5. The highest BCUT2D eigenvalue weighted by atomic mass is 32.2. The Bertz CT molecular complexity index is 837. The van der Waals surface area contributed by atoms with E-state index in [0.29, 0.717) is 21.6 Å². The summed E-state index contributed by atoms with van der Waals surface area (Å²) in [5.41, 5.74) is 1.10. The molecule has 1 aliphatic heterocycles. The van der Waals surface area contributed by atoms with Gasteiger partial charge in [0.05, 0.1) is 4.92 Å². The van der Waals surface area contributed by atoms with Crippen molar-refractivity contribution in [2.75, 3.05) is 6.26 Å². The van der Waals surface area contributed by atoms with Gasteiger partial charge in [-0.25, -0.2) is 4.99 Å². The summed E-state index contributed by atoms with van der Waals surface area (Å²) >= 11 is 2.52. The number of furan rings is 1. The predicted octanol–water partition coefficient (Wildman–Crippen LogP) is 4.19. The lowest BCUT2D eigenvalue weighted by molar-refractivity contribution is -0.384. The van der Waals surface area contributed by atoms with Crippen LogP contribution >= 0.6 is 23.5 Å². The fraction of sp³-hybridized carbons (Fsp3) is 0.0667. The molecule has 0 bridgehead atoms. The Hall–Kier alpha value is -2.32. The van der Waals surface area contributed by atoms with Gasteiger partial charge in [-0.2, -0.15) is 0 Å². The molecule has 0 saturated carbocycles. The van der Waals surface area contributed by atoms with Crippen molar-refractivity contribution in [1.82, 2.24) is 0 Å². The van der Waals surface area contributed by atoms with Gasteiger partial charge >= 0.3 is 0 Å². The molecule has 0 radical (unpaired) electrons. The molecule has 1 aliphatic rings. The number of thioether (sulfide) groups is 2. The van der Waals surface area contributed by atoms with Crippen LogP contribution in [0.1, 0.15) is 5.76 Å². The van der Waals surface area contributed by atoms with Crippen molar-refractivity contribution >= 4 is 44.8 Å². The zero-order valence-corrected chi connectivity index (χ0v) is 13.5. The van der Waals surface area contributed by atoms with Gasteiger partial charge in [0.2, 0.25) is 5.12 Å². The van der Waals surface area contributed by atoms with Crippen LogP contribution in [0.15, 0.2) is 51.5 Å². The largest absolute Gasteiger partial charge is 0.457 e. The summed E-state index contributed by atoms with van der Waals surface area (Å²) in [4.78, 5) is 26.2. The van der Waals surface area contributed by atoms with Crippen LogP contribution in [0.2, 0.25) is 0 Å². The first-order valence-corrected chi connectivity index (χ1v) is 8.52. The fourth-order valence-electron chi connectivity index (χ4n) is 1.94. The van der Waals surface area contributed by atoms with Gasteiger partial charge in [0.25, 0.3) is 5.69 Å². The lowest BCUT2D eigenvalue weighted by Crippen LogP contribution is -1.87. The third-order valence-corrected chi connectivity index (χ3v) is 4.89. The summed E-state index contributed by atoms with van der Waals surface area (Å²) in [7, 11) is 0. The van der Waals surface area contributed by atoms with E-state index >= 15 is 0 Å². The molecule has 0 saturated heterocycles. The van der Waals surface area contributed by atoms with E-state index in [2.05, 4.69) is 4.99 Å². The van der Waals surface area contributed by atoms with Gasteiger partial charge in [-0.1, -0.05) is 0 Å². The Morgan fingerprint density at radius 3 is 2.61 bits per heavy atom. The summed E-state index contributed by atoms with van der Waals surface area (Å²) in [6, 6.07) is 9.56. The second-order valence-electron chi connectivity index (χ2n) is 4.51. The van der Waals surface area contributed by atoms with Crippen molar-refractivity contribution in [3.05, 3.63) is 58.0 Å². The van der Waals surface area contributed by atoms with Crippen molar-refractivity contribution in [1.29, 1.82) is 0 Å². The van der Waals surface area contributed by atoms with Crippen molar-refractivity contribution in [2.45, 2.75) is 0 Å². The summed E-state index contributed by atoms with van der Waals surface area (Å²) in [6.07, 6.45) is 3.45. The molecule has 0 unspecified atom stereocenters. The fourth-order valence-corrected chi connectivity index (χ4v) is 3.21. The molecule has 23 heavy (non-hydrogen) atoms. The molecule has 0 aliphatic carbocycles. The minimum atomic E-state index is -0.452. The monoisotopic (exact) mass is 346 g/mol. The van der Waals surface area contributed by atoms with Gasteiger partial charge in [-0.3, -0.25) is 14.9 Å². The number of benzene rings is 1. The van der Waals surface area contributed by atoms with Gasteiger partial charge in [0, 0.05) is 23.8 Å². The van der Waals surface area contributed by atoms with Crippen molar-refractivity contribution in [3.63, 3.8) is 0 Å². The first-order chi connectivity index (χ1) is 11.1. The molecule has 2 aromatic rings. The highest BCUT2D eigenvalue weighted by molar-refractivity contribution is 8.45. The number of carbonyl (C=O) groups is 1. The molecular formula is C15H10N2O4S2. The number of carbonyl (C=O) groups excluding carboxylic acids is 1. The molecule has 116 valence electrons. The molecule has 0 fully saturated rings. The lowest BCUT2D eigenvalue weighted by atomic mass is 10.1.